The minimum absolute atomic E-state index is 0.138. The first kappa shape index (κ1) is 20.0. The molecule has 3 aromatic heterocycles. The van der Waals surface area contributed by atoms with Crippen LogP contribution >= 0.6 is 0 Å². The molecule has 0 saturated heterocycles. The van der Waals surface area contributed by atoms with Crippen LogP contribution in [-0.2, 0) is 4.79 Å². The molecule has 31 heavy (non-hydrogen) atoms. The largest absolute Gasteiger partial charge is 0.340 e. The van der Waals surface area contributed by atoms with Crippen molar-refractivity contribution < 1.29 is 4.79 Å². The molecule has 1 unspecified atom stereocenters. The predicted octanol–water partition coefficient (Wildman–Crippen LogP) is 4.06. The Morgan fingerprint density at radius 3 is 2.32 bits per heavy atom. The van der Waals surface area contributed by atoms with E-state index in [1.54, 1.807) is 36.3 Å². The molecule has 0 aliphatic heterocycles. The highest BCUT2D eigenvalue weighted by atomic mass is 16.2. The van der Waals surface area contributed by atoms with Crippen molar-refractivity contribution >= 4 is 34.7 Å². The lowest BCUT2D eigenvalue weighted by Crippen LogP contribution is -2.23. The van der Waals surface area contributed by atoms with Crippen molar-refractivity contribution in [3.63, 3.8) is 0 Å². The highest BCUT2D eigenvalue weighted by Gasteiger charge is 2.15. The number of nitrogens with one attached hydrogen (secondary N) is 3. The van der Waals surface area contributed by atoms with Gasteiger partial charge in [0.05, 0.1) is 0 Å². The maximum absolute atomic E-state index is 12.4. The lowest BCUT2D eigenvalue weighted by molar-refractivity contribution is -0.119. The van der Waals surface area contributed by atoms with Gasteiger partial charge in [0.1, 0.15) is 29.3 Å². The van der Waals surface area contributed by atoms with Gasteiger partial charge in [0.2, 0.25) is 5.91 Å². The van der Waals surface area contributed by atoms with E-state index in [2.05, 4.69) is 36.0 Å². The summed E-state index contributed by atoms with van der Waals surface area (Å²) in [7, 11) is 0. The summed E-state index contributed by atoms with van der Waals surface area (Å²) in [4.78, 5) is 25.5. The second-order valence-corrected chi connectivity index (χ2v) is 6.88. The first-order chi connectivity index (χ1) is 15.1. The van der Waals surface area contributed by atoms with Crippen LogP contribution in [0.3, 0.4) is 0 Å². The number of amides is 1. The van der Waals surface area contributed by atoms with Crippen molar-refractivity contribution in [2.24, 2.45) is 0 Å². The van der Waals surface area contributed by atoms with Gasteiger partial charge in [-0.05, 0) is 56.3 Å². The Morgan fingerprint density at radius 2 is 1.65 bits per heavy atom. The molecule has 0 fully saturated rings. The first-order valence-electron chi connectivity index (χ1n) is 9.78. The molecule has 0 radical (unpaired) electrons. The molecule has 0 aliphatic rings. The van der Waals surface area contributed by atoms with E-state index in [9.17, 15) is 4.79 Å². The quantitative estimate of drug-likeness (QED) is 0.418. The minimum atomic E-state index is -0.401. The Morgan fingerprint density at radius 1 is 0.903 bits per heavy atom. The lowest BCUT2D eigenvalue weighted by Gasteiger charge is -2.13. The number of aromatic nitrogens is 5. The molecule has 1 amide bonds. The van der Waals surface area contributed by atoms with E-state index in [1.165, 1.54) is 0 Å². The molecule has 0 spiro atoms. The van der Waals surface area contributed by atoms with Crippen LogP contribution in [-0.4, -0.2) is 30.6 Å². The molecular formula is C22H22N8O. The van der Waals surface area contributed by atoms with Gasteiger partial charge in [-0.3, -0.25) is 9.48 Å². The van der Waals surface area contributed by atoms with Gasteiger partial charge in [-0.2, -0.15) is 5.10 Å². The van der Waals surface area contributed by atoms with E-state index in [0.29, 0.717) is 29.0 Å². The third-order valence-electron chi connectivity index (χ3n) is 4.48. The van der Waals surface area contributed by atoms with Crippen LogP contribution in [0.2, 0.25) is 0 Å². The van der Waals surface area contributed by atoms with Crippen LogP contribution in [0.1, 0.15) is 18.8 Å². The van der Waals surface area contributed by atoms with E-state index in [1.807, 2.05) is 55.5 Å². The van der Waals surface area contributed by atoms with Crippen molar-refractivity contribution in [2.75, 3.05) is 16.0 Å². The third kappa shape index (κ3) is 5.21. The summed E-state index contributed by atoms with van der Waals surface area (Å²) >= 11 is 0. The molecule has 4 rings (SSSR count). The van der Waals surface area contributed by atoms with Crippen LogP contribution < -0.4 is 16.0 Å². The van der Waals surface area contributed by atoms with Crippen molar-refractivity contribution in [1.29, 1.82) is 0 Å². The normalized spacial score (nSPS) is 11.5. The SMILES string of the molecule is Cc1nc(Nc2ccc(NC(=O)C(C)n3cccn3)cc2)cc(Nc2ccccn2)n1. The van der Waals surface area contributed by atoms with Crippen LogP contribution in [0.25, 0.3) is 0 Å². The number of hydrogen-bond donors (Lipinski definition) is 3. The number of carbonyl (C=O) groups is 1. The zero-order valence-corrected chi connectivity index (χ0v) is 17.1. The van der Waals surface area contributed by atoms with Gasteiger partial charge < -0.3 is 16.0 Å². The molecule has 3 N–H and O–H groups in total. The number of carbonyl (C=O) groups excluding carboxylic acids is 1. The Labute approximate surface area is 179 Å². The monoisotopic (exact) mass is 414 g/mol. The Hall–Kier alpha value is -4.27. The van der Waals surface area contributed by atoms with Gasteiger partial charge in [0, 0.05) is 36.0 Å². The second-order valence-electron chi connectivity index (χ2n) is 6.88. The summed E-state index contributed by atoms with van der Waals surface area (Å²) in [6.07, 6.45) is 5.13. The topological polar surface area (TPSA) is 110 Å². The van der Waals surface area contributed by atoms with E-state index in [4.69, 9.17) is 0 Å². The molecule has 9 heteroatoms. The molecule has 0 aliphatic carbocycles. The van der Waals surface area contributed by atoms with Gasteiger partial charge in [-0.25, -0.2) is 15.0 Å². The summed E-state index contributed by atoms with van der Waals surface area (Å²) in [5.41, 5.74) is 1.53. The minimum Gasteiger partial charge on any atom is -0.340 e. The average Bonchev–Trinajstić information content (AvgIpc) is 3.30. The average molecular weight is 414 g/mol. The standard InChI is InChI=1S/C22H22N8O/c1-15(30-13-5-12-24-30)22(31)28-18-9-7-17(8-10-18)27-20-14-21(26-16(2)25-20)29-19-6-3-4-11-23-19/h3-15H,1-2H3,(H,28,31)(H2,23,25,26,27,29). The number of pyridine rings is 1. The molecule has 1 atom stereocenters. The lowest BCUT2D eigenvalue weighted by atomic mass is 10.2. The van der Waals surface area contributed by atoms with Gasteiger partial charge in [0.25, 0.3) is 0 Å². The van der Waals surface area contributed by atoms with Gasteiger partial charge in [-0.15, -0.1) is 0 Å². The fraction of sp³-hybridized carbons (Fsp3) is 0.136. The molecule has 9 nitrogen and oxygen atoms in total. The maximum Gasteiger partial charge on any atom is 0.248 e. The number of benzene rings is 1. The Kier molecular flexibility index (Phi) is 5.84. The highest BCUT2D eigenvalue weighted by Crippen LogP contribution is 2.21. The van der Waals surface area contributed by atoms with E-state index in [-0.39, 0.29) is 5.91 Å². The smallest absolute Gasteiger partial charge is 0.248 e. The van der Waals surface area contributed by atoms with Crippen molar-refractivity contribution in [3.05, 3.63) is 79.0 Å². The van der Waals surface area contributed by atoms with E-state index in [0.717, 1.165) is 5.69 Å². The molecule has 3 heterocycles. The number of rotatable bonds is 7. The summed E-state index contributed by atoms with van der Waals surface area (Å²) in [6.45, 7) is 3.63. The summed E-state index contributed by atoms with van der Waals surface area (Å²) in [6, 6.07) is 16.2. The third-order valence-corrected chi connectivity index (χ3v) is 4.48. The first-order valence-corrected chi connectivity index (χ1v) is 9.78. The predicted molar refractivity (Wildman–Crippen MR) is 120 cm³/mol. The number of aryl methyl sites for hydroxylation is 1. The number of nitrogens with zero attached hydrogens (tertiary/aromatic N) is 5. The van der Waals surface area contributed by atoms with E-state index < -0.39 is 6.04 Å². The van der Waals surface area contributed by atoms with Crippen molar-refractivity contribution in [3.8, 4) is 0 Å². The summed E-state index contributed by atoms with van der Waals surface area (Å²) in [5.74, 6) is 2.48. The van der Waals surface area contributed by atoms with Gasteiger partial charge in [0.15, 0.2) is 0 Å². The van der Waals surface area contributed by atoms with Crippen LogP contribution in [0, 0.1) is 6.92 Å². The molecule has 156 valence electrons. The zero-order valence-electron chi connectivity index (χ0n) is 17.1. The van der Waals surface area contributed by atoms with Crippen LogP contribution in [0.5, 0.6) is 0 Å². The van der Waals surface area contributed by atoms with Crippen LogP contribution in [0.15, 0.2) is 73.2 Å². The maximum atomic E-state index is 12.4. The fourth-order valence-corrected chi connectivity index (χ4v) is 2.93. The fourth-order valence-electron chi connectivity index (χ4n) is 2.93. The Balaban J connectivity index is 1.41. The molecule has 0 bridgehead atoms. The van der Waals surface area contributed by atoms with Gasteiger partial charge >= 0.3 is 0 Å². The van der Waals surface area contributed by atoms with E-state index >= 15 is 0 Å². The van der Waals surface area contributed by atoms with Gasteiger partial charge in [-0.1, -0.05) is 6.07 Å². The zero-order chi connectivity index (χ0) is 21.6. The van der Waals surface area contributed by atoms with Crippen molar-refractivity contribution in [2.45, 2.75) is 19.9 Å². The van der Waals surface area contributed by atoms with Crippen molar-refractivity contribution in [1.82, 2.24) is 24.7 Å². The summed E-state index contributed by atoms with van der Waals surface area (Å²) < 4.78 is 1.61. The molecular weight excluding hydrogens is 392 g/mol. The highest BCUT2D eigenvalue weighted by molar-refractivity contribution is 5.93. The molecule has 1 aromatic carbocycles. The number of anilines is 5. The molecule has 0 saturated carbocycles. The molecule has 4 aromatic rings. The van der Waals surface area contributed by atoms with Crippen LogP contribution in [0.4, 0.5) is 28.8 Å². The second kappa shape index (κ2) is 9.04. The number of hydrogen-bond acceptors (Lipinski definition) is 7. The summed E-state index contributed by atoms with van der Waals surface area (Å²) in [5, 5.41) is 13.4. The Bertz CT molecular complexity index is 1140.